The van der Waals surface area contributed by atoms with Crippen molar-refractivity contribution in [1.82, 2.24) is 10.2 Å². The van der Waals surface area contributed by atoms with Crippen molar-refractivity contribution < 1.29 is 0 Å². The summed E-state index contributed by atoms with van der Waals surface area (Å²) in [5.74, 6) is 2.65. The lowest BCUT2D eigenvalue weighted by molar-refractivity contribution is 0.402. The van der Waals surface area contributed by atoms with Gasteiger partial charge in [0.1, 0.15) is 5.69 Å². The zero-order valence-electron chi connectivity index (χ0n) is 9.93. The van der Waals surface area contributed by atoms with Crippen molar-refractivity contribution in [2.75, 3.05) is 0 Å². The molecule has 0 aromatic carbocycles. The third-order valence-corrected chi connectivity index (χ3v) is 3.29. The molecule has 2 heteroatoms. The minimum atomic E-state index is 0.171. The van der Waals surface area contributed by atoms with E-state index in [0.29, 0.717) is 0 Å². The van der Waals surface area contributed by atoms with Crippen molar-refractivity contribution in [2.45, 2.75) is 51.9 Å². The molecule has 0 spiro atoms. The summed E-state index contributed by atoms with van der Waals surface area (Å²) in [4.78, 5) is 0. The van der Waals surface area contributed by atoms with Gasteiger partial charge in [0.05, 0.1) is 0 Å². The highest BCUT2D eigenvalue weighted by Gasteiger charge is 2.27. The van der Waals surface area contributed by atoms with Gasteiger partial charge in [-0.25, -0.2) is 0 Å². The van der Waals surface area contributed by atoms with Gasteiger partial charge in [0.2, 0.25) is 0 Å². The normalized spacial score (nSPS) is 14.5. The van der Waals surface area contributed by atoms with Crippen LogP contribution in [0.3, 0.4) is 0 Å². The van der Waals surface area contributed by atoms with Gasteiger partial charge in [0.25, 0.3) is 0 Å². The summed E-state index contributed by atoms with van der Waals surface area (Å²) in [5, 5.41) is 6.97. The van der Waals surface area contributed by atoms with Gasteiger partial charge in [-0.3, -0.25) is 5.10 Å². The highest BCUT2D eigenvalue weighted by Crippen LogP contribution is 2.34. The smallest absolute Gasteiger partial charge is 0.138 e. The molecule has 0 aliphatic heterocycles. The Balaban J connectivity index is 2.95. The van der Waals surface area contributed by atoms with Crippen LogP contribution in [0.15, 0.2) is 6.20 Å². The summed E-state index contributed by atoms with van der Waals surface area (Å²) < 4.78 is 0. The minimum Gasteiger partial charge on any atom is -0.284 e. The van der Waals surface area contributed by atoms with Crippen LogP contribution in [0.5, 0.6) is 0 Å². The molecule has 1 rings (SSSR count). The van der Waals surface area contributed by atoms with Crippen LogP contribution in [-0.4, -0.2) is 10.2 Å². The fraction of sp³-hybridized carbons (Fsp3) is 0.615. The predicted octanol–water partition coefficient (Wildman–Crippen LogP) is 3.25. The first-order chi connectivity index (χ1) is 7.18. The second-order valence-electron chi connectivity index (χ2n) is 4.31. The average molecular weight is 204 g/mol. The zero-order valence-corrected chi connectivity index (χ0v) is 9.93. The van der Waals surface area contributed by atoms with Gasteiger partial charge in [-0.1, -0.05) is 33.6 Å². The van der Waals surface area contributed by atoms with Crippen molar-refractivity contribution in [3.63, 3.8) is 0 Å². The third-order valence-electron chi connectivity index (χ3n) is 3.29. The molecule has 0 saturated heterocycles. The van der Waals surface area contributed by atoms with E-state index in [9.17, 15) is 0 Å². The molecule has 0 fully saturated rings. The van der Waals surface area contributed by atoms with Crippen LogP contribution in [0.4, 0.5) is 0 Å². The number of hydrogen-bond donors (Lipinski definition) is 1. The van der Waals surface area contributed by atoms with E-state index in [2.05, 4.69) is 36.9 Å². The molecule has 1 heterocycles. The summed E-state index contributed by atoms with van der Waals surface area (Å²) >= 11 is 0. The van der Waals surface area contributed by atoms with Gasteiger partial charge in [-0.15, -0.1) is 6.42 Å². The molecule has 0 bridgehead atoms. The number of aromatic amines is 1. The number of nitrogens with zero attached hydrogens (tertiary/aromatic N) is 1. The molecule has 0 radical (unpaired) electrons. The maximum absolute atomic E-state index is 5.44. The Bertz CT molecular complexity index is 346. The highest BCUT2D eigenvalue weighted by molar-refractivity contribution is 5.37. The summed E-state index contributed by atoms with van der Waals surface area (Å²) in [6.07, 6.45) is 12.1. The first kappa shape index (κ1) is 11.8. The monoisotopic (exact) mass is 204 g/mol. The lowest BCUT2D eigenvalue weighted by Gasteiger charge is -2.27. The van der Waals surface area contributed by atoms with Gasteiger partial charge in [-0.2, -0.15) is 5.10 Å². The fourth-order valence-corrected chi connectivity index (χ4v) is 1.93. The number of aromatic nitrogens is 2. The van der Waals surface area contributed by atoms with Crippen LogP contribution < -0.4 is 0 Å². The molecule has 82 valence electrons. The van der Waals surface area contributed by atoms with Crippen LogP contribution in [-0.2, 0) is 5.41 Å². The number of hydrogen-bond acceptors (Lipinski definition) is 1. The molecule has 0 amide bonds. The zero-order chi connectivity index (χ0) is 11.3. The fourth-order valence-electron chi connectivity index (χ4n) is 1.93. The molecule has 0 aliphatic carbocycles. The SMILES string of the molecule is C#Cc1n[nH]cc1C(C)(CC)CCCC. The van der Waals surface area contributed by atoms with E-state index in [1.54, 1.807) is 0 Å². The van der Waals surface area contributed by atoms with Crippen LogP contribution in [0, 0.1) is 12.3 Å². The lowest BCUT2D eigenvalue weighted by atomic mass is 9.76. The second kappa shape index (κ2) is 5.02. The Hall–Kier alpha value is -1.23. The van der Waals surface area contributed by atoms with E-state index in [1.807, 2.05) is 6.20 Å². The van der Waals surface area contributed by atoms with Crippen molar-refractivity contribution in [2.24, 2.45) is 0 Å². The van der Waals surface area contributed by atoms with Gasteiger partial charge >= 0.3 is 0 Å². The van der Waals surface area contributed by atoms with Gasteiger partial charge in [0.15, 0.2) is 0 Å². The lowest BCUT2D eigenvalue weighted by Crippen LogP contribution is -2.21. The van der Waals surface area contributed by atoms with E-state index in [1.165, 1.54) is 24.8 Å². The topological polar surface area (TPSA) is 28.7 Å². The van der Waals surface area contributed by atoms with Gasteiger partial charge in [0, 0.05) is 11.8 Å². The molecule has 1 aromatic rings. The number of nitrogens with one attached hydrogen (secondary N) is 1. The molecule has 0 aliphatic rings. The van der Waals surface area contributed by atoms with Crippen LogP contribution in [0.2, 0.25) is 0 Å². The maximum Gasteiger partial charge on any atom is 0.138 e. The van der Waals surface area contributed by atoms with E-state index >= 15 is 0 Å². The molecular weight excluding hydrogens is 184 g/mol. The average Bonchev–Trinajstić information content (AvgIpc) is 2.74. The van der Waals surface area contributed by atoms with E-state index in [4.69, 9.17) is 6.42 Å². The van der Waals surface area contributed by atoms with Crippen molar-refractivity contribution in [1.29, 1.82) is 0 Å². The van der Waals surface area contributed by atoms with Crippen LogP contribution >= 0.6 is 0 Å². The highest BCUT2D eigenvalue weighted by atomic mass is 15.1. The molecular formula is C13H20N2. The van der Waals surface area contributed by atoms with E-state index < -0.39 is 0 Å². The van der Waals surface area contributed by atoms with Crippen molar-refractivity contribution in [3.05, 3.63) is 17.5 Å². The van der Waals surface area contributed by atoms with E-state index in [-0.39, 0.29) is 5.41 Å². The Labute approximate surface area is 92.5 Å². The first-order valence-electron chi connectivity index (χ1n) is 5.68. The summed E-state index contributed by atoms with van der Waals surface area (Å²) in [7, 11) is 0. The Kier molecular flexibility index (Phi) is 3.96. The first-order valence-corrected chi connectivity index (χ1v) is 5.68. The number of H-pyrrole nitrogens is 1. The molecule has 1 atom stereocenters. The van der Waals surface area contributed by atoms with Crippen LogP contribution in [0.25, 0.3) is 0 Å². The molecule has 1 aromatic heterocycles. The summed E-state index contributed by atoms with van der Waals surface area (Å²) in [5.41, 5.74) is 2.14. The molecule has 15 heavy (non-hydrogen) atoms. The Morgan fingerprint density at radius 2 is 2.27 bits per heavy atom. The maximum atomic E-state index is 5.44. The number of unbranched alkanes of at least 4 members (excludes halogenated alkanes) is 1. The van der Waals surface area contributed by atoms with E-state index in [0.717, 1.165) is 12.1 Å². The van der Waals surface area contributed by atoms with Crippen molar-refractivity contribution in [3.8, 4) is 12.3 Å². The van der Waals surface area contributed by atoms with Gasteiger partial charge in [-0.05, 0) is 24.2 Å². The van der Waals surface area contributed by atoms with Crippen LogP contribution in [0.1, 0.15) is 57.7 Å². The molecule has 1 N–H and O–H groups in total. The third kappa shape index (κ3) is 2.41. The standard InChI is InChI=1S/C13H20N2/c1-5-8-9-13(4,7-3)11-10-14-15-12(11)6-2/h2,10H,5,7-9H2,1,3-4H3,(H,14,15). The molecule has 2 nitrogen and oxygen atoms in total. The summed E-state index contributed by atoms with van der Waals surface area (Å²) in [6, 6.07) is 0. The largest absolute Gasteiger partial charge is 0.284 e. The van der Waals surface area contributed by atoms with Gasteiger partial charge < -0.3 is 0 Å². The van der Waals surface area contributed by atoms with Crippen molar-refractivity contribution >= 4 is 0 Å². The minimum absolute atomic E-state index is 0.171. The number of rotatable bonds is 5. The number of terminal acetylenes is 1. The quantitative estimate of drug-likeness (QED) is 0.733. The molecule has 1 unspecified atom stereocenters. The predicted molar refractivity (Wildman–Crippen MR) is 63.7 cm³/mol. The molecule has 0 saturated carbocycles. The second-order valence-corrected chi connectivity index (χ2v) is 4.31. The Morgan fingerprint density at radius 3 is 2.80 bits per heavy atom. The summed E-state index contributed by atoms with van der Waals surface area (Å²) in [6.45, 7) is 6.70. The Morgan fingerprint density at radius 1 is 1.53 bits per heavy atom.